The van der Waals surface area contributed by atoms with Crippen LogP contribution in [0.3, 0.4) is 0 Å². The van der Waals surface area contributed by atoms with Gasteiger partial charge in [0, 0.05) is 36.7 Å². The lowest BCUT2D eigenvalue weighted by Crippen LogP contribution is -2.27. The summed E-state index contributed by atoms with van der Waals surface area (Å²) in [7, 11) is 0. The molecular weight excluding hydrogens is 326 g/mol. The van der Waals surface area contributed by atoms with Gasteiger partial charge in [0.15, 0.2) is 0 Å². The van der Waals surface area contributed by atoms with Crippen molar-refractivity contribution in [2.24, 2.45) is 0 Å². The van der Waals surface area contributed by atoms with E-state index in [1.165, 1.54) is 0 Å². The van der Waals surface area contributed by atoms with Gasteiger partial charge in [-0.25, -0.2) is 0 Å². The minimum Gasteiger partial charge on any atom is -0.380 e. The van der Waals surface area contributed by atoms with Gasteiger partial charge in [-0.15, -0.1) is 0 Å². The molecule has 0 aliphatic carbocycles. The highest BCUT2D eigenvalue weighted by Gasteiger charge is 2.21. The van der Waals surface area contributed by atoms with Gasteiger partial charge < -0.3 is 15.5 Å². The number of para-hydroxylation sites is 1. The molecule has 1 fully saturated rings. The number of anilines is 2. The van der Waals surface area contributed by atoms with Crippen molar-refractivity contribution < 1.29 is 9.59 Å². The minimum atomic E-state index is 0.0208. The third kappa shape index (κ3) is 3.17. The Labute approximate surface area is 153 Å². The SMILES string of the molecule is C[C@@H]1CC(=O)Nc2cccc(-c3ccc(C(=O)N4CCCC4)cc3)c2N1. The molecule has 2 amide bonds. The number of rotatable bonds is 2. The number of hydrogen-bond donors (Lipinski definition) is 2. The van der Waals surface area contributed by atoms with Gasteiger partial charge in [0.1, 0.15) is 0 Å². The fourth-order valence-electron chi connectivity index (χ4n) is 3.72. The molecule has 4 rings (SSSR count). The van der Waals surface area contributed by atoms with Crippen LogP contribution in [0.2, 0.25) is 0 Å². The molecule has 0 radical (unpaired) electrons. The minimum absolute atomic E-state index is 0.0208. The molecule has 2 N–H and O–H groups in total. The maximum Gasteiger partial charge on any atom is 0.253 e. The highest BCUT2D eigenvalue weighted by atomic mass is 16.2. The Hall–Kier alpha value is -2.82. The molecule has 26 heavy (non-hydrogen) atoms. The molecule has 1 atom stereocenters. The van der Waals surface area contributed by atoms with Crippen LogP contribution in [-0.2, 0) is 4.79 Å². The van der Waals surface area contributed by atoms with Gasteiger partial charge in [-0.3, -0.25) is 9.59 Å². The van der Waals surface area contributed by atoms with E-state index in [-0.39, 0.29) is 17.9 Å². The van der Waals surface area contributed by atoms with Crippen LogP contribution in [0, 0.1) is 0 Å². The fraction of sp³-hybridized carbons (Fsp3) is 0.333. The van der Waals surface area contributed by atoms with E-state index >= 15 is 0 Å². The summed E-state index contributed by atoms with van der Waals surface area (Å²) in [6, 6.07) is 13.7. The van der Waals surface area contributed by atoms with E-state index in [1.807, 2.05) is 54.3 Å². The molecule has 5 nitrogen and oxygen atoms in total. The van der Waals surface area contributed by atoms with Crippen molar-refractivity contribution in [2.45, 2.75) is 32.2 Å². The second-order valence-electron chi connectivity index (χ2n) is 7.10. The van der Waals surface area contributed by atoms with E-state index in [9.17, 15) is 9.59 Å². The van der Waals surface area contributed by atoms with Crippen molar-refractivity contribution in [2.75, 3.05) is 23.7 Å². The average Bonchev–Trinajstić information content (AvgIpc) is 3.12. The smallest absolute Gasteiger partial charge is 0.253 e. The Morgan fingerprint density at radius 3 is 2.54 bits per heavy atom. The van der Waals surface area contributed by atoms with Crippen molar-refractivity contribution in [3.8, 4) is 11.1 Å². The molecule has 134 valence electrons. The van der Waals surface area contributed by atoms with Crippen molar-refractivity contribution in [1.82, 2.24) is 4.90 Å². The number of nitrogens with zero attached hydrogens (tertiary/aromatic N) is 1. The summed E-state index contributed by atoms with van der Waals surface area (Å²) in [5.74, 6) is 0.132. The predicted molar refractivity (Wildman–Crippen MR) is 103 cm³/mol. The monoisotopic (exact) mass is 349 g/mol. The number of benzene rings is 2. The Morgan fingerprint density at radius 1 is 1.08 bits per heavy atom. The molecule has 2 aliphatic rings. The first kappa shape index (κ1) is 16.6. The topological polar surface area (TPSA) is 61.4 Å². The Bertz CT molecular complexity index is 839. The molecule has 1 saturated heterocycles. The highest BCUT2D eigenvalue weighted by Crippen LogP contribution is 2.36. The number of carbonyl (C=O) groups excluding carboxylic acids is 2. The van der Waals surface area contributed by atoms with Crippen LogP contribution in [0.15, 0.2) is 42.5 Å². The Balaban J connectivity index is 1.65. The second-order valence-corrected chi connectivity index (χ2v) is 7.10. The molecule has 2 aromatic rings. The molecular formula is C21H23N3O2. The van der Waals surface area contributed by atoms with E-state index in [0.717, 1.165) is 54.0 Å². The molecule has 5 heteroatoms. The Kier molecular flexibility index (Phi) is 4.37. The zero-order valence-corrected chi connectivity index (χ0v) is 14.9. The molecule has 2 aromatic carbocycles. The van der Waals surface area contributed by atoms with Crippen LogP contribution in [0.25, 0.3) is 11.1 Å². The van der Waals surface area contributed by atoms with Gasteiger partial charge >= 0.3 is 0 Å². The van der Waals surface area contributed by atoms with Crippen LogP contribution >= 0.6 is 0 Å². The van der Waals surface area contributed by atoms with Crippen LogP contribution in [0.1, 0.15) is 36.5 Å². The number of nitrogens with one attached hydrogen (secondary N) is 2. The average molecular weight is 349 g/mol. The van der Waals surface area contributed by atoms with E-state index < -0.39 is 0 Å². The van der Waals surface area contributed by atoms with E-state index in [0.29, 0.717) is 6.42 Å². The summed E-state index contributed by atoms with van der Waals surface area (Å²) >= 11 is 0. The molecule has 2 heterocycles. The van der Waals surface area contributed by atoms with Crippen LogP contribution in [0.5, 0.6) is 0 Å². The van der Waals surface area contributed by atoms with Crippen molar-refractivity contribution in [3.05, 3.63) is 48.0 Å². The standard InChI is InChI=1S/C21H23N3O2/c1-14-13-19(25)23-18-6-4-5-17(20(18)22-14)15-7-9-16(10-8-15)21(26)24-11-2-3-12-24/h4-10,14,22H,2-3,11-13H2,1H3,(H,23,25)/t14-/m1/s1. The molecule has 0 aromatic heterocycles. The highest BCUT2D eigenvalue weighted by molar-refractivity contribution is 6.00. The lowest BCUT2D eigenvalue weighted by atomic mass is 10.0. The number of hydrogen-bond acceptors (Lipinski definition) is 3. The van der Waals surface area contributed by atoms with Crippen LogP contribution in [-0.4, -0.2) is 35.8 Å². The van der Waals surface area contributed by atoms with Gasteiger partial charge in [-0.2, -0.15) is 0 Å². The largest absolute Gasteiger partial charge is 0.380 e. The van der Waals surface area contributed by atoms with Crippen LogP contribution < -0.4 is 10.6 Å². The number of fused-ring (bicyclic) bond motifs is 1. The molecule has 0 unspecified atom stereocenters. The lowest BCUT2D eigenvalue weighted by Gasteiger charge is -2.18. The summed E-state index contributed by atoms with van der Waals surface area (Å²) in [5.41, 5.74) is 4.51. The lowest BCUT2D eigenvalue weighted by molar-refractivity contribution is -0.116. The fourth-order valence-corrected chi connectivity index (χ4v) is 3.72. The van der Waals surface area contributed by atoms with Gasteiger partial charge in [0.05, 0.1) is 11.4 Å². The molecule has 0 saturated carbocycles. The van der Waals surface area contributed by atoms with Gasteiger partial charge in [0.2, 0.25) is 5.91 Å². The number of carbonyl (C=O) groups is 2. The third-order valence-corrected chi connectivity index (χ3v) is 5.06. The summed E-state index contributed by atoms with van der Waals surface area (Å²) in [6.45, 7) is 3.71. The summed E-state index contributed by atoms with van der Waals surface area (Å²) in [4.78, 5) is 26.4. The maximum absolute atomic E-state index is 12.5. The van der Waals surface area contributed by atoms with Gasteiger partial charge in [-0.05, 0) is 43.5 Å². The Morgan fingerprint density at radius 2 is 1.81 bits per heavy atom. The zero-order valence-electron chi connectivity index (χ0n) is 14.9. The van der Waals surface area contributed by atoms with Crippen molar-refractivity contribution in [3.63, 3.8) is 0 Å². The quantitative estimate of drug-likeness (QED) is 0.868. The maximum atomic E-state index is 12.5. The first-order valence-electron chi connectivity index (χ1n) is 9.21. The van der Waals surface area contributed by atoms with Crippen molar-refractivity contribution in [1.29, 1.82) is 0 Å². The third-order valence-electron chi connectivity index (χ3n) is 5.06. The van der Waals surface area contributed by atoms with Gasteiger partial charge in [0.25, 0.3) is 5.91 Å². The zero-order chi connectivity index (χ0) is 18.1. The first-order valence-corrected chi connectivity index (χ1v) is 9.21. The normalized spacial score (nSPS) is 19.3. The van der Waals surface area contributed by atoms with Crippen LogP contribution in [0.4, 0.5) is 11.4 Å². The first-order chi connectivity index (χ1) is 12.6. The second kappa shape index (κ2) is 6.83. The summed E-state index contributed by atoms with van der Waals surface area (Å²) in [6.07, 6.45) is 2.63. The van der Waals surface area contributed by atoms with E-state index in [1.54, 1.807) is 0 Å². The van der Waals surface area contributed by atoms with E-state index in [2.05, 4.69) is 10.6 Å². The number of likely N-dealkylation sites (tertiary alicyclic amines) is 1. The van der Waals surface area contributed by atoms with Gasteiger partial charge in [-0.1, -0.05) is 24.3 Å². The number of amides is 2. The predicted octanol–water partition coefficient (Wildman–Crippen LogP) is 3.73. The summed E-state index contributed by atoms with van der Waals surface area (Å²) in [5, 5.41) is 6.41. The summed E-state index contributed by atoms with van der Waals surface area (Å²) < 4.78 is 0. The van der Waals surface area contributed by atoms with Crippen molar-refractivity contribution >= 4 is 23.2 Å². The van der Waals surface area contributed by atoms with E-state index in [4.69, 9.17) is 0 Å². The molecule has 2 aliphatic heterocycles. The molecule has 0 spiro atoms. The molecule has 0 bridgehead atoms.